The van der Waals surface area contributed by atoms with E-state index in [1.807, 2.05) is 41.3 Å². The molecule has 2 amide bonds. The second kappa shape index (κ2) is 9.11. The third-order valence-electron chi connectivity index (χ3n) is 5.98. The van der Waals surface area contributed by atoms with Crippen LogP contribution in [0.5, 0.6) is 5.75 Å². The summed E-state index contributed by atoms with van der Waals surface area (Å²) < 4.78 is 5.19. The predicted molar refractivity (Wildman–Crippen MR) is 113 cm³/mol. The number of piperidine rings is 1. The monoisotopic (exact) mass is 409 g/mol. The molecule has 8 heteroatoms. The van der Waals surface area contributed by atoms with E-state index in [9.17, 15) is 9.59 Å². The number of carbonyl (C=O) groups is 2. The first kappa shape index (κ1) is 20.1. The maximum atomic E-state index is 12.8. The normalized spacial score (nSPS) is 17.7. The first-order valence-corrected chi connectivity index (χ1v) is 10.4. The highest BCUT2D eigenvalue weighted by Gasteiger charge is 2.30. The van der Waals surface area contributed by atoms with E-state index in [1.54, 1.807) is 12.0 Å². The average molecular weight is 409 g/mol. The quantitative estimate of drug-likeness (QED) is 0.699. The summed E-state index contributed by atoms with van der Waals surface area (Å²) in [4.78, 5) is 29.5. The Morgan fingerprint density at radius 1 is 0.967 bits per heavy atom. The van der Waals surface area contributed by atoms with Gasteiger partial charge in [-0.3, -0.25) is 9.59 Å². The molecule has 1 aromatic carbocycles. The van der Waals surface area contributed by atoms with Crippen LogP contribution in [0, 0.1) is 5.92 Å². The number of methoxy groups -OCH3 is 1. The van der Waals surface area contributed by atoms with Crippen LogP contribution in [0.2, 0.25) is 0 Å². The number of rotatable bonds is 5. The molecule has 2 aliphatic rings. The Balaban J connectivity index is 1.31. The number of nitrogens with zero attached hydrogens (tertiary/aromatic N) is 5. The zero-order valence-corrected chi connectivity index (χ0v) is 17.2. The fraction of sp³-hybridized carbons (Fsp3) is 0.455. The molecule has 30 heavy (non-hydrogen) atoms. The molecule has 3 heterocycles. The summed E-state index contributed by atoms with van der Waals surface area (Å²) in [5, 5.41) is 8.79. The molecule has 0 N–H and O–H groups in total. The van der Waals surface area contributed by atoms with Gasteiger partial charge in [0.1, 0.15) is 5.75 Å². The Kier molecular flexibility index (Phi) is 6.11. The molecule has 2 saturated heterocycles. The fourth-order valence-electron chi connectivity index (χ4n) is 4.07. The van der Waals surface area contributed by atoms with Crippen LogP contribution in [0.15, 0.2) is 36.4 Å². The van der Waals surface area contributed by atoms with Crippen LogP contribution < -0.4 is 9.64 Å². The molecule has 0 bridgehead atoms. The van der Waals surface area contributed by atoms with E-state index in [0.717, 1.165) is 55.2 Å². The van der Waals surface area contributed by atoms with E-state index in [-0.39, 0.29) is 11.8 Å². The smallest absolute Gasteiger partial charge is 0.225 e. The summed E-state index contributed by atoms with van der Waals surface area (Å²) in [6, 6.07) is 11.7. The molecular formula is C22H27N5O3. The third-order valence-corrected chi connectivity index (χ3v) is 5.98. The topological polar surface area (TPSA) is 78.9 Å². The van der Waals surface area contributed by atoms with Crippen molar-refractivity contribution < 1.29 is 14.3 Å². The summed E-state index contributed by atoms with van der Waals surface area (Å²) >= 11 is 0. The Morgan fingerprint density at radius 3 is 2.23 bits per heavy atom. The molecular weight excluding hydrogens is 382 g/mol. The minimum absolute atomic E-state index is 0.0514. The first-order valence-electron chi connectivity index (χ1n) is 10.4. The summed E-state index contributed by atoms with van der Waals surface area (Å²) in [5.41, 5.74) is 1.81. The molecule has 8 nitrogen and oxygen atoms in total. The van der Waals surface area contributed by atoms with Crippen molar-refractivity contribution in [2.24, 2.45) is 5.92 Å². The van der Waals surface area contributed by atoms with Crippen molar-refractivity contribution in [3.8, 4) is 17.0 Å². The van der Waals surface area contributed by atoms with Crippen molar-refractivity contribution in [1.82, 2.24) is 20.0 Å². The number of aromatic nitrogens is 2. The van der Waals surface area contributed by atoms with Gasteiger partial charge in [0.2, 0.25) is 12.3 Å². The number of benzene rings is 1. The van der Waals surface area contributed by atoms with Crippen LogP contribution in [0.1, 0.15) is 12.8 Å². The molecule has 0 unspecified atom stereocenters. The van der Waals surface area contributed by atoms with Gasteiger partial charge in [0.25, 0.3) is 0 Å². The molecule has 2 aliphatic heterocycles. The first-order chi connectivity index (χ1) is 14.7. The molecule has 0 saturated carbocycles. The number of piperazine rings is 1. The summed E-state index contributed by atoms with van der Waals surface area (Å²) in [6.07, 6.45) is 2.49. The molecule has 0 radical (unpaired) electrons. The van der Waals surface area contributed by atoms with E-state index >= 15 is 0 Å². The Hall–Kier alpha value is -3.16. The minimum atomic E-state index is 0.0514. The molecule has 0 spiro atoms. The number of amides is 2. The number of anilines is 1. The standard InChI is InChI=1S/C22H27N5O3/c1-30-19-4-2-17(3-5-19)20-6-7-21(24-23-20)26-10-8-18(9-11-26)22(29)27-14-12-25(16-28)13-15-27/h2-7,16,18H,8-15H2,1H3. The van der Waals surface area contributed by atoms with Crippen LogP contribution in [-0.4, -0.2) is 78.7 Å². The van der Waals surface area contributed by atoms with E-state index in [0.29, 0.717) is 26.2 Å². The number of hydrogen-bond donors (Lipinski definition) is 0. The van der Waals surface area contributed by atoms with E-state index in [1.165, 1.54) is 0 Å². The summed E-state index contributed by atoms with van der Waals surface area (Å²) in [5.74, 6) is 1.93. The SMILES string of the molecule is COc1ccc(-c2ccc(N3CCC(C(=O)N4CCN(C=O)CC4)CC3)nn2)cc1. The second-order valence-corrected chi connectivity index (χ2v) is 7.73. The lowest BCUT2D eigenvalue weighted by atomic mass is 9.95. The van der Waals surface area contributed by atoms with Crippen LogP contribution >= 0.6 is 0 Å². The van der Waals surface area contributed by atoms with Gasteiger partial charge in [0.05, 0.1) is 12.8 Å². The lowest BCUT2D eigenvalue weighted by Crippen LogP contribution is -2.51. The molecule has 0 aliphatic carbocycles. The third kappa shape index (κ3) is 4.37. The summed E-state index contributed by atoms with van der Waals surface area (Å²) in [7, 11) is 1.65. The minimum Gasteiger partial charge on any atom is -0.497 e. The summed E-state index contributed by atoms with van der Waals surface area (Å²) in [6.45, 7) is 4.11. The zero-order valence-electron chi connectivity index (χ0n) is 17.2. The van der Waals surface area contributed by atoms with Crippen molar-refractivity contribution in [2.75, 3.05) is 51.3 Å². The van der Waals surface area contributed by atoms with Gasteiger partial charge in [-0.15, -0.1) is 10.2 Å². The predicted octanol–water partition coefficient (Wildman–Crippen LogP) is 1.67. The van der Waals surface area contributed by atoms with Crippen LogP contribution in [0.25, 0.3) is 11.3 Å². The van der Waals surface area contributed by atoms with Crippen molar-refractivity contribution in [3.05, 3.63) is 36.4 Å². The molecule has 0 atom stereocenters. The number of carbonyl (C=O) groups excluding carboxylic acids is 2. The highest BCUT2D eigenvalue weighted by Crippen LogP contribution is 2.25. The average Bonchev–Trinajstić information content (AvgIpc) is 2.84. The number of ether oxygens (including phenoxy) is 1. The maximum absolute atomic E-state index is 12.8. The second-order valence-electron chi connectivity index (χ2n) is 7.73. The molecule has 4 rings (SSSR count). The van der Waals surface area contributed by atoms with Gasteiger partial charge in [-0.05, 0) is 49.2 Å². The number of hydrogen-bond acceptors (Lipinski definition) is 6. The van der Waals surface area contributed by atoms with E-state index in [2.05, 4.69) is 15.1 Å². The molecule has 2 aromatic rings. The molecule has 2 fully saturated rings. The van der Waals surface area contributed by atoms with Crippen molar-refractivity contribution >= 4 is 18.1 Å². The van der Waals surface area contributed by atoms with Crippen LogP contribution in [0.4, 0.5) is 5.82 Å². The van der Waals surface area contributed by atoms with E-state index in [4.69, 9.17) is 4.74 Å². The van der Waals surface area contributed by atoms with Gasteiger partial charge in [0.15, 0.2) is 5.82 Å². The van der Waals surface area contributed by atoms with Gasteiger partial charge >= 0.3 is 0 Å². The van der Waals surface area contributed by atoms with Gasteiger partial charge in [0, 0.05) is 50.7 Å². The Morgan fingerprint density at radius 2 is 1.67 bits per heavy atom. The van der Waals surface area contributed by atoms with Crippen molar-refractivity contribution in [1.29, 1.82) is 0 Å². The van der Waals surface area contributed by atoms with E-state index < -0.39 is 0 Å². The van der Waals surface area contributed by atoms with Gasteiger partial charge in [-0.1, -0.05) is 0 Å². The van der Waals surface area contributed by atoms with Crippen molar-refractivity contribution in [3.63, 3.8) is 0 Å². The Bertz CT molecular complexity index is 855. The lowest BCUT2D eigenvalue weighted by Gasteiger charge is -2.37. The van der Waals surface area contributed by atoms with Gasteiger partial charge in [-0.2, -0.15) is 0 Å². The highest BCUT2D eigenvalue weighted by atomic mass is 16.5. The lowest BCUT2D eigenvalue weighted by molar-refractivity contribution is -0.139. The van der Waals surface area contributed by atoms with Crippen LogP contribution in [0.3, 0.4) is 0 Å². The van der Waals surface area contributed by atoms with Gasteiger partial charge in [-0.25, -0.2) is 0 Å². The van der Waals surface area contributed by atoms with Gasteiger partial charge < -0.3 is 19.4 Å². The highest BCUT2D eigenvalue weighted by molar-refractivity contribution is 5.79. The molecule has 158 valence electrons. The maximum Gasteiger partial charge on any atom is 0.225 e. The fourth-order valence-corrected chi connectivity index (χ4v) is 4.07. The molecule has 1 aromatic heterocycles. The van der Waals surface area contributed by atoms with Crippen LogP contribution in [-0.2, 0) is 9.59 Å². The largest absolute Gasteiger partial charge is 0.497 e. The Labute approximate surface area is 176 Å². The van der Waals surface area contributed by atoms with Crippen molar-refractivity contribution in [2.45, 2.75) is 12.8 Å². The zero-order chi connectivity index (χ0) is 20.9.